The normalized spacial score (nSPS) is 8.50. The maximum atomic E-state index is 2.21. The molecule has 58 valence electrons. The topological polar surface area (TPSA) is 0 Å². The maximum absolute atomic E-state index is 2.21. The minimum atomic E-state index is 1.34. The second kappa shape index (κ2) is 16.3. The van der Waals surface area contributed by atoms with E-state index in [-0.39, 0.29) is 0 Å². The summed E-state index contributed by atoms with van der Waals surface area (Å²) in [6, 6.07) is 0. The van der Waals surface area contributed by atoms with E-state index in [0.29, 0.717) is 0 Å². The predicted molar refractivity (Wildman–Crippen MR) is 50.7 cm³/mol. The Balaban J connectivity index is 0. The molecule has 0 saturated heterocycles. The van der Waals surface area contributed by atoms with Gasteiger partial charge in [0, 0.05) is 0 Å². The Kier molecular flexibility index (Phi) is 21.5. The van der Waals surface area contributed by atoms with E-state index < -0.39 is 0 Å². The Labute approximate surface area is 76.0 Å². The summed E-state index contributed by atoms with van der Waals surface area (Å²) in [5.41, 5.74) is 0. The molecule has 0 heterocycles. The van der Waals surface area contributed by atoms with E-state index in [1.165, 1.54) is 37.2 Å². The quantitative estimate of drug-likeness (QED) is 0.518. The molecule has 0 saturated carbocycles. The van der Waals surface area contributed by atoms with Crippen molar-refractivity contribution in [3.63, 3.8) is 0 Å². The molecule has 0 aromatic rings. The molecule has 0 aromatic heterocycles. The Morgan fingerprint density at radius 3 is 1.20 bits per heavy atom. The molecule has 0 unspecified atom stereocenters. The fourth-order valence-corrected chi connectivity index (χ4v) is 0.707. The van der Waals surface area contributed by atoms with Crippen LogP contribution in [-0.2, 0) is 0 Å². The fourth-order valence-electron chi connectivity index (χ4n) is 0.707. The summed E-state index contributed by atoms with van der Waals surface area (Å²) < 4.78 is 0. The third-order valence-corrected chi connectivity index (χ3v) is 1.41. The van der Waals surface area contributed by atoms with Crippen LogP contribution < -0.4 is 0 Å². The van der Waals surface area contributed by atoms with Gasteiger partial charge in [-0.15, -0.1) is 0 Å². The molecule has 0 atom stereocenters. The molecule has 10 heavy (non-hydrogen) atoms. The standard InChI is InChI=1S/C5H12.C4H9.Li/c1-3-5-4-2;1-3-4-2;/h3-5H2,1-2H3;1,3-4H2,2H3;. The third kappa shape index (κ3) is 23.5. The Hall–Kier alpha value is 0.597. The fraction of sp³-hybridized carbons (Fsp3) is 1.00. The molecule has 0 aromatic carbocycles. The van der Waals surface area contributed by atoms with Crippen molar-refractivity contribution in [3.05, 3.63) is 0 Å². The summed E-state index contributed by atoms with van der Waals surface area (Å²) in [5, 5.41) is 1.34. The molecule has 0 nitrogen and oxygen atoms in total. The van der Waals surface area contributed by atoms with E-state index in [1.54, 1.807) is 0 Å². The number of hydrogen-bond acceptors (Lipinski definition) is 0. The SMILES string of the molecule is CCCCC.[Li][CH2]CCC. The van der Waals surface area contributed by atoms with Crippen molar-refractivity contribution in [2.75, 3.05) is 0 Å². The first-order valence-corrected chi connectivity index (χ1v) is 4.83. The summed E-state index contributed by atoms with van der Waals surface area (Å²) >= 11 is 2.21. The molecular weight excluding hydrogens is 115 g/mol. The van der Waals surface area contributed by atoms with Gasteiger partial charge in [0.2, 0.25) is 0 Å². The molecule has 0 radical (unpaired) electrons. The molecule has 0 fully saturated rings. The van der Waals surface area contributed by atoms with Gasteiger partial charge in [-0.25, -0.2) is 0 Å². The van der Waals surface area contributed by atoms with Gasteiger partial charge in [0.05, 0.1) is 0 Å². The van der Waals surface area contributed by atoms with Crippen molar-refractivity contribution in [2.24, 2.45) is 0 Å². The van der Waals surface area contributed by atoms with Gasteiger partial charge in [-0.3, -0.25) is 0 Å². The van der Waals surface area contributed by atoms with Gasteiger partial charge in [-0.05, 0) is 0 Å². The van der Waals surface area contributed by atoms with Crippen molar-refractivity contribution in [3.8, 4) is 0 Å². The van der Waals surface area contributed by atoms with Gasteiger partial charge < -0.3 is 0 Å². The van der Waals surface area contributed by atoms with Crippen LogP contribution in [0.4, 0.5) is 0 Å². The van der Waals surface area contributed by atoms with Gasteiger partial charge in [0.1, 0.15) is 0 Å². The number of unbranched alkanes of at least 4 members (excludes halogenated alkanes) is 3. The van der Waals surface area contributed by atoms with Crippen LogP contribution in [0.2, 0.25) is 5.09 Å². The zero-order valence-corrected chi connectivity index (χ0v) is 8.24. The molecule has 1 heteroatoms. The van der Waals surface area contributed by atoms with Gasteiger partial charge in [-0.1, -0.05) is 33.1 Å². The van der Waals surface area contributed by atoms with Crippen molar-refractivity contribution in [2.45, 2.75) is 58.0 Å². The predicted octanol–water partition coefficient (Wildman–Crippen LogP) is 3.57. The van der Waals surface area contributed by atoms with E-state index >= 15 is 0 Å². The summed E-state index contributed by atoms with van der Waals surface area (Å²) in [5.74, 6) is 0. The van der Waals surface area contributed by atoms with Gasteiger partial charge in [-0.2, -0.15) is 0 Å². The van der Waals surface area contributed by atoms with Gasteiger partial charge >= 0.3 is 42.6 Å². The first-order chi connectivity index (χ1) is 4.83. The molecule has 0 spiro atoms. The minimum absolute atomic E-state index is 1.34. The van der Waals surface area contributed by atoms with Crippen LogP contribution in [0.3, 0.4) is 0 Å². The third-order valence-electron chi connectivity index (χ3n) is 1.41. The molecule has 0 amide bonds. The molecule has 0 bridgehead atoms. The zero-order chi connectivity index (χ0) is 8.24. The van der Waals surface area contributed by atoms with Gasteiger partial charge in [0.15, 0.2) is 0 Å². The molecule has 0 aliphatic carbocycles. The number of hydrogen-bond donors (Lipinski definition) is 0. The van der Waals surface area contributed by atoms with Crippen molar-refractivity contribution < 1.29 is 0 Å². The molecular formula is C9H21Li. The second-order valence-electron chi connectivity index (χ2n) is 2.71. The van der Waals surface area contributed by atoms with Crippen LogP contribution in [0.5, 0.6) is 0 Å². The first kappa shape index (κ1) is 13.2. The second-order valence-corrected chi connectivity index (χ2v) is 2.71. The summed E-state index contributed by atoms with van der Waals surface area (Å²) in [4.78, 5) is 0. The molecule has 0 aliphatic heterocycles. The van der Waals surface area contributed by atoms with E-state index in [9.17, 15) is 0 Å². The first-order valence-electron chi connectivity index (χ1n) is 4.83. The van der Waals surface area contributed by atoms with E-state index in [1.807, 2.05) is 0 Å². The van der Waals surface area contributed by atoms with Crippen LogP contribution in [0.25, 0.3) is 0 Å². The monoisotopic (exact) mass is 136 g/mol. The summed E-state index contributed by atoms with van der Waals surface area (Å²) in [7, 11) is 0. The average molecular weight is 136 g/mol. The summed E-state index contributed by atoms with van der Waals surface area (Å²) in [6.07, 6.45) is 6.81. The Bertz CT molecular complexity index is 25.7. The summed E-state index contributed by atoms with van der Waals surface area (Å²) in [6.45, 7) is 6.64. The van der Waals surface area contributed by atoms with Crippen LogP contribution >= 0.6 is 0 Å². The van der Waals surface area contributed by atoms with Crippen molar-refractivity contribution in [1.82, 2.24) is 0 Å². The molecule has 0 aliphatic rings. The Morgan fingerprint density at radius 2 is 1.20 bits per heavy atom. The van der Waals surface area contributed by atoms with Crippen molar-refractivity contribution in [1.29, 1.82) is 0 Å². The van der Waals surface area contributed by atoms with E-state index in [2.05, 4.69) is 38.5 Å². The zero-order valence-electron chi connectivity index (χ0n) is 8.24. The molecule has 0 N–H and O–H groups in total. The van der Waals surface area contributed by atoms with Crippen LogP contribution in [0, 0.1) is 0 Å². The van der Waals surface area contributed by atoms with Crippen molar-refractivity contribution >= 4 is 17.7 Å². The van der Waals surface area contributed by atoms with Gasteiger partial charge in [0.25, 0.3) is 0 Å². The molecule has 0 rings (SSSR count). The number of rotatable bonds is 4. The van der Waals surface area contributed by atoms with Crippen LogP contribution in [-0.4, -0.2) is 17.7 Å². The van der Waals surface area contributed by atoms with Crippen LogP contribution in [0.15, 0.2) is 0 Å². The van der Waals surface area contributed by atoms with E-state index in [0.717, 1.165) is 0 Å². The Morgan fingerprint density at radius 1 is 0.800 bits per heavy atom. The average Bonchev–Trinajstić information content (AvgIpc) is 1.93. The van der Waals surface area contributed by atoms with E-state index in [4.69, 9.17) is 0 Å². The van der Waals surface area contributed by atoms with Crippen LogP contribution in [0.1, 0.15) is 52.9 Å².